The van der Waals surface area contributed by atoms with Gasteiger partial charge in [0.1, 0.15) is 12.1 Å². The molecule has 0 saturated heterocycles. The van der Waals surface area contributed by atoms with Crippen LogP contribution in [0.1, 0.15) is 5.69 Å². The van der Waals surface area contributed by atoms with Gasteiger partial charge in [-0.05, 0) is 18.2 Å². The van der Waals surface area contributed by atoms with Gasteiger partial charge >= 0.3 is 0 Å². The smallest absolute Gasteiger partial charge is 0.137 e. The van der Waals surface area contributed by atoms with Crippen molar-refractivity contribution in [1.82, 2.24) is 19.7 Å². The molecule has 2 aromatic heterocycles. The zero-order valence-electron chi connectivity index (χ0n) is 10.0. The molecule has 0 unspecified atom stereocenters. The van der Waals surface area contributed by atoms with Gasteiger partial charge in [0.2, 0.25) is 0 Å². The van der Waals surface area contributed by atoms with Gasteiger partial charge in [0.15, 0.2) is 0 Å². The second-order valence-electron chi connectivity index (χ2n) is 4.07. The van der Waals surface area contributed by atoms with Crippen LogP contribution in [-0.2, 0) is 13.6 Å². The van der Waals surface area contributed by atoms with Crippen LogP contribution in [0.2, 0.25) is 0 Å². The Morgan fingerprint density at radius 3 is 2.89 bits per heavy atom. The van der Waals surface area contributed by atoms with E-state index in [1.54, 1.807) is 11.0 Å². The van der Waals surface area contributed by atoms with Crippen molar-refractivity contribution in [2.75, 3.05) is 5.32 Å². The van der Waals surface area contributed by atoms with Crippen molar-refractivity contribution in [3.63, 3.8) is 0 Å². The Balaban J connectivity index is 1.86. The first kappa shape index (κ1) is 10.7. The molecular weight excluding hydrogens is 226 g/mol. The fraction of sp³-hybridized carbons (Fsp3) is 0.154. The van der Waals surface area contributed by atoms with E-state index in [0.29, 0.717) is 6.54 Å². The predicted molar refractivity (Wildman–Crippen MR) is 70.1 cm³/mol. The number of anilines is 1. The second-order valence-corrected chi connectivity index (χ2v) is 4.07. The Bertz CT molecular complexity index is 668. The summed E-state index contributed by atoms with van der Waals surface area (Å²) in [6.45, 7) is 0.655. The van der Waals surface area contributed by atoms with E-state index in [0.717, 1.165) is 22.4 Å². The van der Waals surface area contributed by atoms with Crippen molar-refractivity contribution in [2.24, 2.45) is 7.05 Å². The Labute approximate surface area is 104 Å². The van der Waals surface area contributed by atoms with Crippen LogP contribution < -0.4 is 5.32 Å². The fourth-order valence-electron chi connectivity index (χ4n) is 1.88. The molecule has 3 aromatic rings. The molecule has 18 heavy (non-hydrogen) atoms. The average molecular weight is 239 g/mol. The first-order chi connectivity index (χ1) is 8.83. The van der Waals surface area contributed by atoms with E-state index in [4.69, 9.17) is 0 Å². The molecule has 5 nitrogen and oxygen atoms in total. The van der Waals surface area contributed by atoms with Gasteiger partial charge in [-0.15, -0.1) is 0 Å². The normalized spacial score (nSPS) is 10.7. The summed E-state index contributed by atoms with van der Waals surface area (Å²) in [6, 6.07) is 9.92. The Morgan fingerprint density at radius 2 is 2.06 bits per heavy atom. The lowest BCUT2D eigenvalue weighted by atomic mass is 10.2. The van der Waals surface area contributed by atoms with Gasteiger partial charge in [0.05, 0.1) is 17.8 Å². The van der Waals surface area contributed by atoms with Crippen molar-refractivity contribution in [2.45, 2.75) is 6.54 Å². The van der Waals surface area contributed by atoms with E-state index in [2.05, 4.69) is 20.4 Å². The van der Waals surface area contributed by atoms with Crippen LogP contribution in [0.25, 0.3) is 10.9 Å². The number of hydrogen-bond donors (Lipinski definition) is 1. The van der Waals surface area contributed by atoms with Crippen molar-refractivity contribution < 1.29 is 0 Å². The topological polar surface area (TPSA) is 55.6 Å². The van der Waals surface area contributed by atoms with Crippen molar-refractivity contribution >= 4 is 16.7 Å². The fourth-order valence-corrected chi connectivity index (χ4v) is 1.88. The summed E-state index contributed by atoms with van der Waals surface area (Å²) in [5, 5.41) is 8.63. The van der Waals surface area contributed by atoms with Gasteiger partial charge in [-0.1, -0.05) is 12.1 Å². The predicted octanol–water partition coefficient (Wildman–Crippen LogP) is 1.98. The van der Waals surface area contributed by atoms with Gasteiger partial charge in [-0.2, -0.15) is 5.10 Å². The molecule has 0 aliphatic carbocycles. The van der Waals surface area contributed by atoms with E-state index in [1.165, 1.54) is 0 Å². The highest BCUT2D eigenvalue weighted by molar-refractivity contribution is 5.88. The third-order valence-electron chi connectivity index (χ3n) is 2.75. The monoisotopic (exact) mass is 239 g/mol. The number of rotatable bonds is 3. The Kier molecular flexibility index (Phi) is 2.64. The first-order valence-corrected chi connectivity index (χ1v) is 5.75. The lowest BCUT2D eigenvalue weighted by Crippen LogP contribution is -2.03. The number of para-hydroxylation sites is 1. The lowest BCUT2D eigenvalue weighted by Gasteiger charge is -2.06. The summed E-state index contributed by atoms with van der Waals surface area (Å²) in [5.74, 6) is 0.839. The first-order valence-electron chi connectivity index (χ1n) is 5.75. The number of hydrogen-bond acceptors (Lipinski definition) is 4. The quantitative estimate of drug-likeness (QED) is 0.759. The van der Waals surface area contributed by atoms with Crippen LogP contribution >= 0.6 is 0 Å². The van der Waals surface area contributed by atoms with Gasteiger partial charge in [0.25, 0.3) is 0 Å². The summed E-state index contributed by atoms with van der Waals surface area (Å²) >= 11 is 0. The molecule has 1 aromatic carbocycles. The highest BCUT2D eigenvalue weighted by Gasteiger charge is 2.03. The molecule has 1 N–H and O–H groups in total. The van der Waals surface area contributed by atoms with Crippen LogP contribution in [-0.4, -0.2) is 19.7 Å². The molecule has 0 aliphatic heterocycles. The Hall–Kier alpha value is -2.43. The van der Waals surface area contributed by atoms with Crippen LogP contribution in [0.3, 0.4) is 0 Å². The molecule has 0 fully saturated rings. The maximum atomic E-state index is 4.32. The van der Waals surface area contributed by atoms with E-state index < -0.39 is 0 Å². The number of fused-ring (bicyclic) bond motifs is 1. The SMILES string of the molecule is Cn1ccc(CNc2ncnc3ccccc23)n1. The van der Waals surface area contributed by atoms with Crippen molar-refractivity contribution in [3.05, 3.63) is 48.5 Å². The van der Waals surface area contributed by atoms with Gasteiger partial charge < -0.3 is 5.32 Å². The van der Waals surface area contributed by atoms with Crippen LogP contribution in [0.5, 0.6) is 0 Å². The van der Waals surface area contributed by atoms with Crippen LogP contribution in [0.15, 0.2) is 42.9 Å². The molecule has 0 aliphatic rings. The lowest BCUT2D eigenvalue weighted by molar-refractivity contribution is 0.747. The minimum atomic E-state index is 0.655. The standard InChI is InChI=1S/C13H13N5/c1-18-7-6-10(17-18)8-14-13-11-4-2-3-5-12(11)15-9-16-13/h2-7,9H,8H2,1H3,(H,14,15,16). The third kappa shape index (κ3) is 2.02. The van der Waals surface area contributed by atoms with Gasteiger partial charge in [-0.25, -0.2) is 9.97 Å². The van der Waals surface area contributed by atoms with Crippen LogP contribution in [0, 0.1) is 0 Å². The molecule has 0 saturated carbocycles. The van der Waals surface area contributed by atoms with E-state index in [1.807, 2.05) is 43.6 Å². The summed E-state index contributed by atoms with van der Waals surface area (Å²) in [6.07, 6.45) is 3.50. The van der Waals surface area contributed by atoms with Gasteiger partial charge in [-0.3, -0.25) is 4.68 Å². The maximum absolute atomic E-state index is 4.32. The van der Waals surface area contributed by atoms with Gasteiger partial charge in [0, 0.05) is 18.6 Å². The highest BCUT2D eigenvalue weighted by Crippen LogP contribution is 2.18. The number of aryl methyl sites for hydroxylation is 1. The number of nitrogens with one attached hydrogen (secondary N) is 1. The third-order valence-corrected chi connectivity index (χ3v) is 2.75. The molecule has 0 amide bonds. The molecule has 90 valence electrons. The Morgan fingerprint density at radius 1 is 1.17 bits per heavy atom. The summed E-state index contributed by atoms with van der Waals surface area (Å²) < 4.78 is 1.79. The summed E-state index contributed by atoms with van der Waals surface area (Å²) in [4.78, 5) is 8.50. The molecule has 0 bridgehead atoms. The zero-order chi connectivity index (χ0) is 12.4. The molecule has 5 heteroatoms. The molecule has 0 radical (unpaired) electrons. The van der Waals surface area contributed by atoms with E-state index in [9.17, 15) is 0 Å². The van der Waals surface area contributed by atoms with E-state index >= 15 is 0 Å². The van der Waals surface area contributed by atoms with Crippen molar-refractivity contribution in [1.29, 1.82) is 0 Å². The number of benzene rings is 1. The minimum absolute atomic E-state index is 0.655. The molecule has 3 rings (SSSR count). The second kappa shape index (κ2) is 4.44. The zero-order valence-corrected chi connectivity index (χ0v) is 10.0. The summed E-state index contributed by atoms with van der Waals surface area (Å²) in [5.41, 5.74) is 1.93. The number of aromatic nitrogens is 4. The highest BCUT2D eigenvalue weighted by atomic mass is 15.3. The average Bonchev–Trinajstić information content (AvgIpc) is 2.82. The molecule has 2 heterocycles. The molecular formula is C13H13N5. The molecule has 0 spiro atoms. The largest absolute Gasteiger partial charge is 0.364 e. The summed E-state index contributed by atoms with van der Waals surface area (Å²) in [7, 11) is 1.91. The van der Waals surface area contributed by atoms with E-state index in [-0.39, 0.29) is 0 Å². The minimum Gasteiger partial charge on any atom is -0.364 e. The number of nitrogens with zero attached hydrogens (tertiary/aromatic N) is 4. The van der Waals surface area contributed by atoms with Crippen molar-refractivity contribution in [3.8, 4) is 0 Å². The maximum Gasteiger partial charge on any atom is 0.137 e. The van der Waals surface area contributed by atoms with Crippen LogP contribution in [0.4, 0.5) is 5.82 Å². The molecule has 0 atom stereocenters.